The summed E-state index contributed by atoms with van der Waals surface area (Å²) in [6.07, 6.45) is 0. The van der Waals surface area contributed by atoms with E-state index in [9.17, 15) is 13.2 Å². The zero-order chi connectivity index (χ0) is 19.2. The van der Waals surface area contributed by atoms with Gasteiger partial charge in [0.05, 0.1) is 18.6 Å². The molecule has 0 aliphatic carbocycles. The highest BCUT2D eigenvalue weighted by Crippen LogP contribution is 2.16. The molecule has 136 valence electrons. The van der Waals surface area contributed by atoms with Gasteiger partial charge in [0.1, 0.15) is 5.75 Å². The summed E-state index contributed by atoms with van der Waals surface area (Å²) < 4.78 is 31.9. The largest absolute Gasteiger partial charge is 0.497 e. The van der Waals surface area contributed by atoms with E-state index in [1.54, 1.807) is 50.5 Å². The van der Waals surface area contributed by atoms with Crippen LogP contribution in [0.1, 0.15) is 15.9 Å². The summed E-state index contributed by atoms with van der Waals surface area (Å²) in [7, 11) is 1.19. The van der Waals surface area contributed by atoms with E-state index in [0.717, 1.165) is 0 Å². The number of carbonyl (C=O) groups excluding carboxylic acids is 1. The van der Waals surface area contributed by atoms with Gasteiger partial charge in [-0.3, -0.25) is 4.79 Å². The number of ether oxygens (including phenoxy) is 1. The fourth-order valence-electron chi connectivity index (χ4n) is 2.08. The zero-order valence-corrected chi connectivity index (χ0v) is 15.6. The van der Waals surface area contributed by atoms with Crippen LogP contribution in [0.15, 0.2) is 53.4 Å². The van der Waals surface area contributed by atoms with Crippen molar-refractivity contribution in [2.24, 2.45) is 0 Å². The summed E-state index contributed by atoms with van der Waals surface area (Å²) in [5, 5.41) is 0. The second-order valence-corrected chi connectivity index (χ2v) is 7.35. The summed E-state index contributed by atoms with van der Waals surface area (Å²) in [5.41, 5.74) is 1.26. The van der Waals surface area contributed by atoms with Crippen molar-refractivity contribution in [2.45, 2.75) is 4.90 Å². The van der Waals surface area contributed by atoms with Crippen LogP contribution in [0, 0.1) is 11.8 Å². The minimum absolute atomic E-state index is 0.0298. The predicted molar refractivity (Wildman–Crippen MR) is 99.5 cm³/mol. The molecule has 0 aliphatic heterocycles. The van der Waals surface area contributed by atoms with Gasteiger partial charge < -0.3 is 9.64 Å². The molecule has 0 saturated carbocycles. The van der Waals surface area contributed by atoms with E-state index in [4.69, 9.17) is 4.74 Å². The van der Waals surface area contributed by atoms with E-state index in [-0.39, 0.29) is 17.3 Å². The molecule has 0 spiro atoms. The lowest BCUT2D eigenvalue weighted by Gasteiger charge is -2.09. The highest BCUT2D eigenvalue weighted by atomic mass is 32.2. The van der Waals surface area contributed by atoms with Gasteiger partial charge in [-0.2, -0.15) is 4.72 Å². The van der Waals surface area contributed by atoms with Crippen LogP contribution in [-0.4, -0.2) is 47.0 Å². The van der Waals surface area contributed by atoms with Crippen molar-refractivity contribution in [3.63, 3.8) is 0 Å². The van der Waals surface area contributed by atoms with Crippen LogP contribution >= 0.6 is 0 Å². The van der Waals surface area contributed by atoms with Gasteiger partial charge in [0, 0.05) is 31.3 Å². The maximum Gasteiger partial charge on any atom is 0.253 e. The number of nitrogens with one attached hydrogen (secondary N) is 1. The van der Waals surface area contributed by atoms with Gasteiger partial charge in [-0.15, -0.1) is 0 Å². The molecule has 0 aromatic heterocycles. The third kappa shape index (κ3) is 5.09. The lowest BCUT2D eigenvalue weighted by atomic mass is 10.1. The normalized spacial score (nSPS) is 10.6. The first kappa shape index (κ1) is 19.5. The summed E-state index contributed by atoms with van der Waals surface area (Å²) in [6.45, 7) is -0.0298. The molecule has 7 heteroatoms. The Labute approximate surface area is 153 Å². The van der Waals surface area contributed by atoms with E-state index in [1.165, 1.54) is 24.1 Å². The van der Waals surface area contributed by atoms with Crippen molar-refractivity contribution in [1.82, 2.24) is 9.62 Å². The SMILES string of the molecule is COc1cccc(S(=O)(=O)NCC#Cc2ccc(C(=O)N(C)C)cc2)c1. The van der Waals surface area contributed by atoms with E-state index in [2.05, 4.69) is 16.6 Å². The van der Waals surface area contributed by atoms with Crippen LogP contribution in [0.4, 0.5) is 0 Å². The molecule has 0 fully saturated rings. The van der Waals surface area contributed by atoms with Gasteiger partial charge in [0.2, 0.25) is 10.0 Å². The van der Waals surface area contributed by atoms with E-state index >= 15 is 0 Å². The monoisotopic (exact) mass is 372 g/mol. The molecule has 0 unspecified atom stereocenters. The number of amides is 1. The lowest BCUT2D eigenvalue weighted by Crippen LogP contribution is -2.24. The Morgan fingerprint density at radius 2 is 1.85 bits per heavy atom. The van der Waals surface area contributed by atoms with Crippen LogP contribution < -0.4 is 9.46 Å². The van der Waals surface area contributed by atoms with Crippen LogP contribution in [0.2, 0.25) is 0 Å². The van der Waals surface area contributed by atoms with Crippen molar-refractivity contribution in [3.8, 4) is 17.6 Å². The predicted octanol–water partition coefficient (Wildman–Crippen LogP) is 1.73. The average Bonchev–Trinajstić information content (AvgIpc) is 2.65. The van der Waals surface area contributed by atoms with Gasteiger partial charge in [0.15, 0.2) is 0 Å². The molecule has 0 atom stereocenters. The van der Waals surface area contributed by atoms with Crippen LogP contribution in [-0.2, 0) is 10.0 Å². The minimum atomic E-state index is -3.66. The first-order valence-electron chi connectivity index (χ1n) is 7.78. The van der Waals surface area contributed by atoms with E-state index in [1.807, 2.05) is 0 Å². The Kier molecular flexibility index (Phi) is 6.39. The summed E-state index contributed by atoms with van der Waals surface area (Å²) in [5.74, 6) is 6.00. The first-order chi connectivity index (χ1) is 12.3. The fraction of sp³-hybridized carbons (Fsp3) is 0.211. The quantitative estimate of drug-likeness (QED) is 0.811. The van der Waals surface area contributed by atoms with Crippen molar-refractivity contribution in [1.29, 1.82) is 0 Å². The van der Waals surface area contributed by atoms with E-state index in [0.29, 0.717) is 16.9 Å². The summed E-state index contributed by atoms with van der Waals surface area (Å²) in [4.78, 5) is 13.4. The molecule has 1 N–H and O–H groups in total. The maximum atomic E-state index is 12.2. The van der Waals surface area contributed by atoms with Gasteiger partial charge in [-0.05, 0) is 36.4 Å². The van der Waals surface area contributed by atoms with Crippen molar-refractivity contribution in [3.05, 3.63) is 59.7 Å². The number of carbonyl (C=O) groups is 1. The summed E-state index contributed by atoms with van der Waals surface area (Å²) in [6, 6.07) is 13.0. The fourth-order valence-corrected chi connectivity index (χ4v) is 3.04. The Morgan fingerprint density at radius 1 is 1.15 bits per heavy atom. The van der Waals surface area contributed by atoms with Crippen LogP contribution in [0.25, 0.3) is 0 Å². The molecule has 6 nitrogen and oxygen atoms in total. The molecule has 0 bridgehead atoms. The smallest absolute Gasteiger partial charge is 0.253 e. The molecule has 26 heavy (non-hydrogen) atoms. The van der Waals surface area contributed by atoms with Crippen LogP contribution in [0.5, 0.6) is 5.75 Å². The molecule has 2 aromatic carbocycles. The zero-order valence-electron chi connectivity index (χ0n) is 14.8. The molecular formula is C19H20N2O4S. The van der Waals surface area contributed by atoms with Crippen molar-refractivity contribution < 1.29 is 17.9 Å². The van der Waals surface area contributed by atoms with Crippen LogP contribution in [0.3, 0.4) is 0 Å². The number of sulfonamides is 1. The number of benzene rings is 2. The van der Waals surface area contributed by atoms with Crippen molar-refractivity contribution >= 4 is 15.9 Å². The Morgan fingerprint density at radius 3 is 2.46 bits per heavy atom. The third-order valence-electron chi connectivity index (χ3n) is 3.47. The number of rotatable bonds is 5. The van der Waals surface area contributed by atoms with E-state index < -0.39 is 10.0 Å². The Hall–Kier alpha value is -2.82. The lowest BCUT2D eigenvalue weighted by molar-refractivity contribution is 0.0827. The molecule has 0 heterocycles. The van der Waals surface area contributed by atoms with Gasteiger partial charge in [0.25, 0.3) is 5.91 Å². The topological polar surface area (TPSA) is 75.7 Å². The Bertz CT molecular complexity index is 939. The second kappa shape index (κ2) is 8.52. The number of hydrogen-bond donors (Lipinski definition) is 1. The summed E-state index contributed by atoms with van der Waals surface area (Å²) >= 11 is 0. The molecule has 0 aliphatic rings. The molecule has 0 radical (unpaired) electrons. The maximum absolute atomic E-state index is 12.2. The van der Waals surface area contributed by atoms with Gasteiger partial charge in [-0.25, -0.2) is 8.42 Å². The molecule has 0 saturated heterocycles. The highest BCUT2D eigenvalue weighted by Gasteiger charge is 2.13. The highest BCUT2D eigenvalue weighted by molar-refractivity contribution is 7.89. The molecule has 2 aromatic rings. The van der Waals surface area contributed by atoms with Gasteiger partial charge >= 0.3 is 0 Å². The average molecular weight is 372 g/mol. The molecular weight excluding hydrogens is 352 g/mol. The molecule has 1 amide bonds. The van der Waals surface area contributed by atoms with Gasteiger partial charge in [-0.1, -0.05) is 17.9 Å². The first-order valence-corrected chi connectivity index (χ1v) is 9.26. The number of hydrogen-bond acceptors (Lipinski definition) is 4. The Balaban J connectivity index is 2.00. The minimum Gasteiger partial charge on any atom is -0.497 e. The second-order valence-electron chi connectivity index (χ2n) is 5.58. The number of nitrogens with zero attached hydrogens (tertiary/aromatic N) is 1. The molecule has 2 rings (SSSR count). The standard InChI is InChI=1S/C19H20N2O4S/c1-21(2)19(22)16-11-9-15(10-12-16)6-5-13-20-26(23,24)18-8-4-7-17(14-18)25-3/h4,7-12,14,20H,13H2,1-3H3. The number of methoxy groups -OCH3 is 1. The van der Waals surface area contributed by atoms with Crippen molar-refractivity contribution in [2.75, 3.05) is 27.7 Å². The third-order valence-corrected chi connectivity index (χ3v) is 4.87.